The molecule has 1 fully saturated rings. The van der Waals surface area contributed by atoms with Gasteiger partial charge in [0.2, 0.25) is 6.19 Å². The Morgan fingerprint density at radius 1 is 1.32 bits per heavy atom. The molecule has 10 nitrogen and oxygen atoms in total. The van der Waals surface area contributed by atoms with Crippen molar-refractivity contribution in [2.24, 2.45) is 4.99 Å². The number of hydrogen-bond acceptors (Lipinski definition) is 9. The minimum absolute atomic E-state index is 0.427. The predicted octanol–water partition coefficient (Wildman–Crippen LogP) is 3.97. The molecule has 13 heteroatoms. The Morgan fingerprint density at radius 2 is 1.97 bits per heavy atom. The van der Waals surface area contributed by atoms with Gasteiger partial charge in [-0.3, -0.25) is 10.1 Å². The van der Waals surface area contributed by atoms with Gasteiger partial charge in [0.05, 0.1) is 4.92 Å². The standard InChI is InChI=1S/C11H15ClN4O2.C10H9ClN4S/c1-3-15(11(13-2)8-16(17)18)7-9-4-5-10(12)14-6-9;11-9-2-1-8(5-13-9)6-15-3-4-16-10(15)14-7-12/h4-6,8,13H,3,7H2,1-2H3;1-2,5H,3-4,6H2/b11-8+;. The lowest BCUT2D eigenvalue weighted by atomic mass is 10.2. The van der Waals surface area contributed by atoms with Gasteiger partial charge in [-0.25, -0.2) is 9.97 Å². The van der Waals surface area contributed by atoms with E-state index in [1.807, 2.05) is 30.1 Å². The number of rotatable bonds is 8. The topological polar surface area (TPSA) is 124 Å². The lowest BCUT2D eigenvalue weighted by Crippen LogP contribution is -2.30. The number of amidine groups is 1. The average molecular weight is 523 g/mol. The third-order valence-corrected chi connectivity index (χ3v) is 5.98. The maximum Gasteiger partial charge on any atom is 0.274 e. The largest absolute Gasteiger partial charge is 0.370 e. The third kappa shape index (κ3) is 9.05. The zero-order valence-electron chi connectivity index (χ0n) is 18.7. The monoisotopic (exact) mass is 522 g/mol. The zero-order valence-corrected chi connectivity index (χ0v) is 21.0. The van der Waals surface area contributed by atoms with Crippen LogP contribution >= 0.6 is 35.0 Å². The number of nitrogens with one attached hydrogen (secondary N) is 1. The lowest BCUT2D eigenvalue weighted by Gasteiger charge is -2.23. The van der Waals surface area contributed by atoms with Gasteiger partial charge < -0.3 is 15.1 Å². The summed E-state index contributed by atoms with van der Waals surface area (Å²) in [6.45, 7) is 4.73. The summed E-state index contributed by atoms with van der Waals surface area (Å²) in [5, 5.41) is 23.6. The number of pyridine rings is 2. The third-order valence-electron chi connectivity index (χ3n) is 4.54. The molecule has 0 amide bonds. The summed E-state index contributed by atoms with van der Waals surface area (Å²) in [7, 11) is 1.65. The van der Waals surface area contributed by atoms with E-state index < -0.39 is 4.92 Å². The molecule has 180 valence electrons. The summed E-state index contributed by atoms with van der Waals surface area (Å²) in [5.41, 5.74) is 2.00. The van der Waals surface area contributed by atoms with Crippen molar-refractivity contribution in [3.05, 3.63) is 80.2 Å². The molecule has 0 aliphatic carbocycles. The van der Waals surface area contributed by atoms with Crippen LogP contribution in [0.1, 0.15) is 18.1 Å². The summed E-state index contributed by atoms with van der Waals surface area (Å²) in [5.74, 6) is 1.43. The van der Waals surface area contributed by atoms with Gasteiger partial charge >= 0.3 is 0 Å². The first-order valence-corrected chi connectivity index (χ1v) is 11.9. The smallest absolute Gasteiger partial charge is 0.274 e. The van der Waals surface area contributed by atoms with E-state index in [1.165, 1.54) is 0 Å². The van der Waals surface area contributed by atoms with E-state index in [4.69, 9.17) is 28.5 Å². The Kier molecular flexibility index (Phi) is 11.4. The van der Waals surface area contributed by atoms with Gasteiger partial charge in [0.15, 0.2) is 11.0 Å². The molecule has 0 saturated carbocycles. The molecule has 0 atom stereocenters. The van der Waals surface area contributed by atoms with Crippen molar-refractivity contribution in [1.82, 2.24) is 25.1 Å². The van der Waals surface area contributed by atoms with Crippen LogP contribution in [0.5, 0.6) is 0 Å². The molecule has 0 radical (unpaired) electrons. The van der Waals surface area contributed by atoms with Crippen LogP contribution in [0.2, 0.25) is 10.3 Å². The fraction of sp³-hybridized carbons (Fsp3) is 0.333. The van der Waals surface area contributed by atoms with Gasteiger partial charge in [-0.1, -0.05) is 47.1 Å². The van der Waals surface area contributed by atoms with Gasteiger partial charge in [-0.2, -0.15) is 5.26 Å². The molecular weight excluding hydrogens is 499 g/mol. The fourth-order valence-electron chi connectivity index (χ4n) is 2.94. The second kappa shape index (κ2) is 14.2. The normalized spacial score (nSPS) is 14.3. The first kappa shape index (κ1) is 27.2. The Labute approximate surface area is 212 Å². The number of aliphatic imine (C=N–C) groups is 1. The van der Waals surface area contributed by atoms with Gasteiger partial charge in [0.1, 0.15) is 10.3 Å². The minimum atomic E-state index is -0.478. The van der Waals surface area contributed by atoms with Crippen LogP contribution in [-0.4, -0.2) is 55.7 Å². The van der Waals surface area contributed by atoms with E-state index in [-0.39, 0.29) is 0 Å². The number of nitro groups is 1. The Bertz CT molecular complexity index is 1040. The maximum atomic E-state index is 10.5. The summed E-state index contributed by atoms with van der Waals surface area (Å²) in [6, 6.07) is 7.24. The second-order valence-corrected chi connectivity index (χ2v) is 8.64. The van der Waals surface area contributed by atoms with E-state index in [1.54, 1.807) is 43.3 Å². The Morgan fingerprint density at radius 3 is 2.47 bits per heavy atom. The van der Waals surface area contributed by atoms with Crippen LogP contribution in [0, 0.1) is 21.6 Å². The highest BCUT2D eigenvalue weighted by Gasteiger charge is 2.19. The second-order valence-electron chi connectivity index (χ2n) is 6.81. The van der Waals surface area contributed by atoms with Gasteiger partial charge in [-0.15, -0.1) is 4.99 Å². The minimum Gasteiger partial charge on any atom is -0.370 e. The quantitative estimate of drug-likeness (QED) is 0.237. The summed E-state index contributed by atoms with van der Waals surface area (Å²) in [6.07, 6.45) is 6.18. The highest BCUT2D eigenvalue weighted by atomic mass is 35.5. The summed E-state index contributed by atoms with van der Waals surface area (Å²) in [4.78, 5) is 25.7. The molecule has 1 aliphatic heterocycles. The van der Waals surface area contributed by atoms with E-state index in [2.05, 4.69) is 25.2 Å². The van der Waals surface area contributed by atoms with Crippen molar-refractivity contribution in [2.75, 3.05) is 25.9 Å². The predicted molar refractivity (Wildman–Crippen MR) is 135 cm³/mol. The van der Waals surface area contributed by atoms with Crippen molar-refractivity contribution in [3.8, 4) is 6.19 Å². The Hall–Kier alpha value is -3.07. The van der Waals surface area contributed by atoms with Crippen molar-refractivity contribution in [3.63, 3.8) is 0 Å². The number of nitrogens with zero attached hydrogens (tertiary/aromatic N) is 7. The summed E-state index contributed by atoms with van der Waals surface area (Å²) >= 11 is 13.0. The maximum absolute atomic E-state index is 10.5. The molecule has 1 saturated heterocycles. The van der Waals surface area contributed by atoms with E-state index in [9.17, 15) is 10.1 Å². The molecule has 2 aromatic rings. The number of halogens is 2. The van der Waals surface area contributed by atoms with Gasteiger partial charge in [-0.05, 0) is 30.2 Å². The average Bonchev–Trinajstić information content (AvgIpc) is 3.26. The molecule has 0 bridgehead atoms. The van der Waals surface area contributed by atoms with Crippen molar-refractivity contribution < 1.29 is 4.92 Å². The van der Waals surface area contributed by atoms with Crippen molar-refractivity contribution in [2.45, 2.75) is 20.0 Å². The number of thioether (sulfide) groups is 1. The van der Waals surface area contributed by atoms with E-state index in [0.29, 0.717) is 29.2 Å². The molecule has 3 heterocycles. The molecule has 3 rings (SSSR count). The highest BCUT2D eigenvalue weighted by Crippen LogP contribution is 2.20. The highest BCUT2D eigenvalue weighted by molar-refractivity contribution is 8.14. The number of hydrogen-bond donors (Lipinski definition) is 1. The van der Waals surface area contributed by atoms with Crippen LogP contribution < -0.4 is 5.32 Å². The van der Waals surface area contributed by atoms with Crippen LogP contribution in [0.25, 0.3) is 0 Å². The van der Waals surface area contributed by atoms with Crippen LogP contribution in [0.3, 0.4) is 0 Å². The Balaban J connectivity index is 0.000000241. The van der Waals surface area contributed by atoms with E-state index >= 15 is 0 Å². The molecule has 0 unspecified atom stereocenters. The summed E-state index contributed by atoms with van der Waals surface area (Å²) < 4.78 is 0. The molecule has 1 aliphatic rings. The van der Waals surface area contributed by atoms with Gasteiger partial charge in [0, 0.05) is 51.4 Å². The van der Waals surface area contributed by atoms with Crippen molar-refractivity contribution >= 4 is 40.1 Å². The molecule has 0 aromatic carbocycles. The molecule has 1 N–H and O–H groups in total. The molecular formula is C21H24Cl2N8O2S. The number of nitriles is 1. The van der Waals surface area contributed by atoms with E-state index in [0.717, 1.165) is 41.3 Å². The molecule has 34 heavy (non-hydrogen) atoms. The zero-order chi connectivity index (χ0) is 24.9. The fourth-order valence-corrected chi connectivity index (χ4v) is 4.10. The first-order chi connectivity index (χ1) is 16.4. The van der Waals surface area contributed by atoms with Crippen LogP contribution in [0.4, 0.5) is 0 Å². The van der Waals surface area contributed by atoms with Gasteiger partial charge in [0.25, 0.3) is 6.20 Å². The van der Waals surface area contributed by atoms with Crippen LogP contribution in [-0.2, 0) is 13.1 Å². The van der Waals surface area contributed by atoms with Crippen molar-refractivity contribution in [1.29, 1.82) is 5.26 Å². The lowest BCUT2D eigenvalue weighted by molar-refractivity contribution is -0.404. The molecule has 0 spiro atoms. The molecule has 2 aromatic heterocycles. The first-order valence-electron chi connectivity index (χ1n) is 10.2. The SMILES string of the molecule is CCN(Cc1ccc(Cl)nc1)/C(=C/[N+](=O)[O-])NC.N#CN=C1SCCN1Cc1ccc(Cl)nc1. The van der Waals surface area contributed by atoms with Crippen LogP contribution in [0.15, 0.2) is 53.7 Å². The number of aromatic nitrogens is 2.